The maximum atomic E-state index is 2.14. The van der Waals surface area contributed by atoms with Crippen molar-refractivity contribution in [3.8, 4) is 0 Å². The maximum absolute atomic E-state index is 2.14. The molecule has 0 amide bonds. The van der Waals surface area contributed by atoms with Gasteiger partial charge in [-0.15, -0.1) is 0 Å². The Hall–Kier alpha value is -1.56. The standard InChI is InChI=1S/C14H16/c1-2-4-6-8-10-12-14-13-11-9-7-5-3-1/h1-8,11-14H,9-10H2/b3-1-,4-2+,7-5+,8-6+,13-11?,14-12-. The zero-order chi connectivity index (χ0) is 9.90. The Kier molecular flexibility index (Phi) is 6.05. The van der Waals surface area contributed by atoms with Gasteiger partial charge in [0.1, 0.15) is 0 Å². The van der Waals surface area contributed by atoms with Crippen molar-refractivity contribution >= 4 is 0 Å². The molecule has 14 heavy (non-hydrogen) atoms. The van der Waals surface area contributed by atoms with E-state index < -0.39 is 0 Å². The monoisotopic (exact) mass is 184 g/mol. The zero-order valence-electron chi connectivity index (χ0n) is 8.34. The molecule has 0 heteroatoms. The first-order valence-electron chi connectivity index (χ1n) is 4.97. The normalized spacial score (nSPS) is 28.6. The van der Waals surface area contributed by atoms with Gasteiger partial charge in [-0.3, -0.25) is 0 Å². The average Bonchev–Trinajstić information content (AvgIpc) is 2.22. The van der Waals surface area contributed by atoms with Gasteiger partial charge >= 0.3 is 0 Å². The SMILES string of the molecule is C1=CC/C=C/C=C\C=C\C=C\C/C=C\1. The molecule has 0 aliphatic heterocycles. The number of hydrogen-bond donors (Lipinski definition) is 0. The largest absolute Gasteiger partial charge is 0.0808 e. The molecule has 0 nitrogen and oxygen atoms in total. The minimum Gasteiger partial charge on any atom is -0.0808 e. The van der Waals surface area contributed by atoms with E-state index in [1.165, 1.54) is 0 Å². The van der Waals surface area contributed by atoms with E-state index in [1.807, 2.05) is 24.3 Å². The van der Waals surface area contributed by atoms with Crippen LogP contribution >= 0.6 is 0 Å². The average molecular weight is 184 g/mol. The third kappa shape index (κ3) is 6.01. The number of rotatable bonds is 0. The molecule has 0 saturated heterocycles. The van der Waals surface area contributed by atoms with E-state index in [2.05, 4.69) is 48.6 Å². The van der Waals surface area contributed by atoms with Crippen LogP contribution in [0.1, 0.15) is 12.8 Å². The van der Waals surface area contributed by atoms with Crippen LogP contribution in [0.2, 0.25) is 0 Å². The number of hydrogen-bond acceptors (Lipinski definition) is 0. The molecule has 0 fully saturated rings. The molecular weight excluding hydrogens is 168 g/mol. The lowest BCUT2D eigenvalue weighted by Gasteiger charge is -1.82. The first-order chi connectivity index (χ1) is 7.00. The van der Waals surface area contributed by atoms with Crippen LogP contribution in [0, 0.1) is 0 Å². The molecule has 0 aromatic carbocycles. The summed E-state index contributed by atoms with van der Waals surface area (Å²) >= 11 is 0. The molecule has 0 heterocycles. The minimum absolute atomic E-state index is 0.994. The second-order valence-electron chi connectivity index (χ2n) is 2.95. The Labute approximate surface area is 86.3 Å². The molecule has 0 atom stereocenters. The van der Waals surface area contributed by atoms with Gasteiger partial charge in [-0.1, -0.05) is 72.9 Å². The summed E-state index contributed by atoms with van der Waals surface area (Å²) in [6.45, 7) is 0. The van der Waals surface area contributed by atoms with Gasteiger partial charge in [0.05, 0.1) is 0 Å². The summed E-state index contributed by atoms with van der Waals surface area (Å²) in [5.41, 5.74) is 0. The topological polar surface area (TPSA) is 0 Å². The lowest BCUT2D eigenvalue weighted by atomic mass is 10.3. The summed E-state index contributed by atoms with van der Waals surface area (Å²) in [5.74, 6) is 0. The summed E-state index contributed by atoms with van der Waals surface area (Å²) in [7, 11) is 0. The lowest BCUT2D eigenvalue weighted by Crippen LogP contribution is -1.61. The second-order valence-corrected chi connectivity index (χ2v) is 2.95. The lowest BCUT2D eigenvalue weighted by molar-refractivity contribution is 1.37. The van der Waals surface area contributed by atoms with Crippen molar-refractivity contribution in [1.29, 1.82) is 0 Å². The van der Waals surface area contributed by atoms with E-state index in [0.29, 0.717) is 0 Å². The van der Waals surface area contributed by atoms with Gasteiger partial charge in [0.15, 0.2) is 0 Å². The van der Waals surface area contributed by atoms with Gasteiger partial charge in [-0.25, -0.2) is 0 Å². The van der Waals surface area contributed by atoms with E-state index in [4.69, 9.17) is 0 Å². The van der Waals surface area contributed by atoms with Crippen molar-refractivity contribution in [3.05, 3.63) is 72.9 Å². The van der Waals surface area contributed by atoms with E-state index in [0.717, 1.165) is 12.8 Å². The molecule has 1 aliphatic carbocycles. The number of allylic oxidation sites excluding steroid dienone is 12. The van der Waals surface area contributed by atoms with Crippen LogP contribution in [0.25, 0.3) is 0 Å². The van der Waals surface area contributed by atoms with Crippen LogP contribution < -0.4 is 0 Å². The maximum Gasteiger partial charge on any atom is -0.0163 e. The zero-order valence-corrected chi connectivity index (χ0v) is 8.34. The highest BCUT2D eigenvalue weighted by molar-refractivity contribution is 5.17. The fraction of sp³-hybridized carbons (Fsp3) is 0.143. The highest BCUT2D eigenvalue weighted by Gasteiger charge is 1.71. The fourth-order valence-electron chi connectivity index (χ4n) is 1.04. The molecule has 72 valence electrons. The van der Waals surface area contributed by atoms with Crippen molar-refractivity contribution in [2.75, 3.05) is 0 Å². The fourth-order valence-corrected chi connectivity index (χ4v) is 1.04. The predicted molar refractivity (Wildman–Crippen MR) is 64.1 cm³/mol. The van der Waals surface area contributed by atoms with E-state index in [1.54, 1.807) is 0 Å². The third-order valence-electron chi connectivity index (χ3n) is 1.76. The first-order valence-corrected chi connectivity index (χ1v) is 4.97. The Morgan fingerprint density at radius 2 is 0.643 bits per heavy atom. The van der Waals surface area contributed by atoms with Gasteiger partial charge in [-0.05, 0) is 12.8 Å². The van der Waals surface area contributed by atoms with E-state index in [9.17, 15) is 0 Å². The summed E-state index contributed by atoms with van der Waals surface area (Å²) in [5, 5.41) is 0. The molecule has 1 aliphatic rings. The highest BCUT2D eigenvalue weighted by Crippen LogP contribution is 1.92. The first kappa shape index (κ1) is 10.5. The Balaban J connectivity index is 2.55. The van der Waals surface area contributed by atoms with Crippen molar-refractivity contribution in [3.63, 3.8) is 0 Å². The van der Waals surface area contributed by atoms with Gasteiger partial charge in [0.25, 0.3) is 0 Å². The van der Waals surface area contributed by atoms with Crippen molar-refractivity contribution < 1.29 is 0 Å². The van der Waals surface area contributed by atoms with Crippen LogP contribution in [0.3, 0.4) is 0 Å². The van der Waals surface area contributed by atoms with Gasteiger partial charge < -0.3 is 0 Å². The Bertz CT molecular complexity index is 264. The van der Waals surface area contributed by atoms with Gasteiger partial charge in [0.2, 0.25) is 0 Å². The van der Waals surface area contributed by atoms with E-state index in [-0.39, 0.29) is 0 Å². The van der Waals surface area contributed by atoms with Crippen LogP contribution in [0.15, 0.2) is 72.9 Å². The summed E-state index contributed by atoms with van der Waals surface area (Å²) in [6, 6.07) is 0. The molecular formula is C14H16. The van der Waals surface area contributed by atoms with Gasteiger partial charge in [-0.2, -0.15) is 0 Å². The summed E-state index contributed by atoms with van der Waals surface area (Å²) in [6.07, 6.45) is 27.0. The van der Waals surface area contributed by atoms with Crippen LogP contribution in [-0.2, 0) is 0 Å². The Morgan fingerprint density at radius 1 is 0.357 bits per heavy atom. The quantitative estimate of drug-likeness (QED) is 0.531. The van der Waals surface area contributed by atoms with Crippen molar-refractivity contribution in [1.82, 2.24) is 0 Å². The molecule has 0 unspecified atom stereocenters. The van der Waals surface area contributed by atoms with Crippen LogP contribution in [-0.4, -0.2) is 0 Å². The van der Waals surface area contributed by atoms with Crippen LogP contribution in [0.4, 0.5) is 0 Å². The molecule has 0 aromatic rings. The Morgan fingerprint density at radius 3 is 1.07 bits per heavy atom. The highest BCUT2D eigenvalue weighted by atomic mass is 13.8. The molecule has 0 N–H and O–H groups in total. The second kappa shape index (κ2) is 8.06. The smallest absolute Gasteiger partial charge is 0.0163 e. The molecule has 0 aromatic heterocycles. The van der Waals surface area contributed by atoms with Crippen molar-refractivity contribution in [2.24, 2.45) is 0 Å². The summed E-state index contributed by atoms with van der Waals surface area (Å²) < 4.78 is 0. The molecule has 0 bridgehead atoms. The van der Waals surface area contributed by atoms with Gasteiger partial charge in [0, 0.05) is 0 Å². The summed E-state index contributed by atoms with van der Waals surface area (Å²) in [4.78, 5) is 0. The minimum atomic E-state index is 0.994. The molecule has 0 radical (unpaired) electrons. The molecule has 0 saturated carbocycles. The molecule has 0 spiro atoms. The van der Waals surface area contributed by atoms with Crippen LogP contribution in [0.5, 0.6) is 0 Å². The molecule has 1 rings (SSSR count). The van der Waals surface area contributed by atoms with Crippen molar-refractivity contribution in [2.45, 2.75) is 12.8 Å². The van der Waals surface area contributed by atoms with E-state index >= 15 is 0 Å². The predicted octanol–water partition coefficient (Wildman–Crippen LogP) is 4.12. The third-order valence-corrected chi connectivity index (χ3v) is 1.76.